The number of fused-ring (bicyclic) bond motifs is 1. The number of para-hydroxylation sites is 1. The SMILES string of the molecule is COc1cc(C(=O)NC(=S)Nc2cccc3c2C(=O)N(c2ccccc2)C3=O)cc(OC)c1OC. The Labute approximate surface area is 206 Å². The number of ether oxygens (including phenoxy) is 3. The van der Waals surface area contributed by atoms with Crippen molar-refractivity contribution in [3.63, 3.8) is 0 Å². The number of anilines is 2. The van der Waals surface area contributed by atoms with Gasteiger partial charge in [0.15, 0.2) is 16.6 Å². The van der Waals surface area contributed by atoms with Gasteiger partial charge < -0.3 is 19.5 Å². The van der Waals surface area contributed by atoms with Gasteiger partial charge >= 0.3 is 0 Å². The maximum absolute atomic E-state index is 13.1. The van der Waals surface area contributed by atoms with E-state index in [9.17, 15) is 14.4 Å². The van der Waals surface area contributed by atoms with Crippen LogP contribution in [0.15, 0.2) is 60.7 Å². The first kappa shape index (κ1) is 23.7. The van der Waals surface area contributed by atoms with Gasteiger partial charge in [0.25, 0.3) is 17.7 Å². The van der Waals surface area contributed by atoms with Crippen molar-refractivity contribution in [2.24, 2.45) is 0 Å². The standard InChI is InChI=1S/C25H21N3O6S/c1-32-18-12-14(13-19(33-2)21(18)34-3)22(29)27-25(35)26-17-11-7-10-16-20(17)24(31)28(23(16)30)15-8-5-4-6-9-15/h4-13H,1-3H3,(H2,26,27,29,35). The zero-order chi connectivity index (χ0) is 25.1. The van der Waals surface area contributed by atoms with Crippen molar-refractivity contribution in [1.29, 1.82) is 0 Å². The molecule has 3 aromatic carbocycles. The molecule has 0 aliphatic carbocycles. The average molecular weight is 492 g/mol. The molecule has 0 saturated heterocycles. The van der Waals surface area contributed by atoms with Crippen LogP contribution in [-0.4, -0.2) is 44.2 Å². The highest BCUT2D eigenvalue weighted by atomic mass is 32.1. The van der Waals surface area contributed by atoms with Crippen LogP contribution >= 0.6 is 12.2 Å². The fourth-order valence-corrected chi connectivity index (χ4v) is 3.94. The van der Waals surface area contributed by atoms with Crippen LogP contribution in [0.1, 0.15) is 31.1 Å². The number of methoxy groups -OCH3 is 3. The second-order valence-corrected chi connectivity index (χ2v) is 7.74. The molecule has 1 aliphatic heterocycles. The van der Waals surface area contributed by atoms with E-state index in [0.717, 1.165) is 4.90 Å². The number of thiocarbonyl (C=S) groups is 1. The van der Waals surface area contributed by atoms with Crippen LogP contribution in [0.4, 0.5) is 11.4 Å². The van der Waals surface area contributed by atoms with Gasteiger partial charge in [-0.15, -0.1) is 0 Å². The molecule has 3 aromatic rings. The molecule has 0 unspecified atom stereocenters. The summed E-state index contributed by atoms with van der Waals surface area (Å²) in [4.78, 5) is 40.0. The van der Waals surface area contributed by atoms with Crippen LogP contribution in [0.3, 0.4) is 0 Å². The molecule has 178 valence electrons. The lowest BCUT2D eigenvalue weighted by molar-refractivity contribution is 0.0924. The van der Waals surface area contributed by atoms with Crippen molar-refractivity contribution in [1.82, 2.24) is 5.32 Å². The van der Waals surface area contributed by atoms with E-state index in [0.29, 0.717) is 28.6 Å². The average Bonchev–Trinajstić information content (AvgIpc) is 3.13. The zero-order valence-electron chi connectivity index (χ0n) is 19.1. The van der Waals surface area contributed by atoms with Gasteiger partial charge in [0.1, 0.15) is 0 Å². The predicted octanol–water partition coefficient (Wildman–Crippen LogP) is 3.64. The summed E-state index contributed by atoms with van der Waals surface area (Å²) < 4.78 is 15.8. The summed E-state index contributed by atoms with van der Waals surface area (Å²) in [5.41, 5.74) is 1.38. The van der Waals surface area contributed by atoms with Gasteiger partial charge in [0.05, 0.1) is 43.8 Å². The van der Waals surface area contributed by atoms with Crippen molar-refractivity contribution < 1.29 is 28.6 Å². The molecule has 4 rings (SSSR count). The summed E-state index contributed by atoms with van der Waals surface area (Å²) in [6, 6.07) is 16.4. The third-order valence-corrected chi connectivity index (χ3v) is 5.54. The van der Waals surface area contributed by atoms with Crippen LogP contribution in [-0.2, 0) is 0 Å². The van der Waals surface area contributed by atoms with Crippen molar-refractivity contribution in [3.8, 4) is 17.2 Å². The van der Waals surface area contributed by atoms with Gasteiger partial charge in [0, 0.05) is 5.56 Å². The first-order valence-electron chi connectivity index (χ1n) is 10.4. The van der Waals surface area contributed by atoms with E-state index >= 15 is 0 Å². The summed E-state index contributed by atoms with van der Waals surface area (Å²) in [6.45, 7) is 0. The molecule has 0 radical (unpaired) electrons. The van der Waals surface area contributed by atoms with E-state index in [1.165, 1.54) is 33.5 Å². The van der Waals surface area contributed by atoms with Crippen LogP contribution in [0.5, 0.6) is 17.2 Å². The molecular formula is C25H21N3O6S. The molecule has 0 fully saturated rings. The largest absolute Gasteiger partial charge is 0.493 e. The number of hydrogen-bond donors (Lipinski definition) is 2. The maximum Gasteiger partial charge on any atom is 0.268 e. The van der Waals surface area contributed by atoms with E-state index < -0.39 is 17.7 Å². The molecule has 35 heavy (non-hydrogen) atoms. The fraction of sp³-hybridized carbons (Fsp3) is 0.120. The number of imide groups is 1. The van der Waals surface area contributed by atoms with Gasteiger partial charge in [-0.05, 0) is 48.6 Å². The highest BCUT2D eigenvalue weighted by molar-refractivity contribution is 7.80. The lowest BCUT2D eigenvalue weighted by Gasteiger charge is -2.15. The monoisotopic (exact) mass is 491 g/mol. The number of hydrogen-bond acceptors (Lipinski definition) is 7. The number of benzene rings is 3. The number of carbonyl (C=O) groups excluding carboxylic acids is 3. The highest BCUT2D eigenvalue weighted by Gasteiger charge is 2.38. The summed E-state index contributed by atoms with van der Waals surface area (Å²) >= 11 is 5.31. The Morgan fingerprint density at radius 2 is 1.51 bits per heavy atom. The molecule has 0 spiro atoms. The third-order valence-electron chi connectivity index (χ3n) is 5.33. The van der Waals surface area contributed by atoms with Crippen molar-refractivity contribution in [3.05, 3.63) is 77.4 Å². The van der Waals surface area contributed by atoms with Crippen molar-refractivity contribution >= 4 is 46.4 Å². The molecule has 1 heterocycles. The summed E-state index contributed by atoms with van der Waals surface area (Å²) in [7, 11) is 4.35. The Bertz CT molecular complexity index is 1320. The van der Waals surface area contributed by atoms with Gasteiger partial charge in [-0.25, -0.2) is 4.90 Å². The minimum absolute atomic E-state index is 0.0597. The fourth-order valence-electron chi connectivity index (χ4n) is 3.74. The lowest BCUT2D eigenvalue weighted by Crippen LogP contribution is -2.34. The Morgan fingerprint density at radius 3 is 2.11 bits per heavy atom. The van der Waals surface area contributed by atoms with Crippen LogP contribution in [0, 0.1) is 0 Å². The highest BCUT2D eigenvalue weighted by Crippen LogP contribution is 2.38. The smallest absolute Gasteiger partial charge is 0.268 e. The topological polar surface area (TPSA) is 106 Å². The minimum atomic E-state index is -0.539. The number of carbonyl (C=O) groups is 3. The number of nitrogens with one attached hydrogen (secondary N) is 2. The Hall–Kier alpha value is -4.44. The maximum atomic E-state index is 13.1. The molecule has 9 nitrogen and oxygen atoms in total. The molecule has 0 saturated carbocycles. The molecule has 10 heteroatoms. The summed E-state index contributed by atoms with van der Waals surface area (Å²) in [6.07, 6.45) is 0. The van der Waals surface area contributed by atoms with Gasteiger partial charge in [-0.3, -0.25) is 19.7 Å². The predicted molar refractivity (Wildman–Crippen MR) is 134 cm³/mol. The van der Waals surface area contributed by atoms with Gasteiger partial charge in [-0.1, -0.05) is 24.3 Å². The molecule has 3 amide bonds. The van der Waals surface area contributed by atoms with Crippen molar-refractivity contribution in [2.45, 2.75) is 0 Å². The number of nitrogens with zero attached hydrogens (tertiary/aromatic N) is 1. The Morgan fingerprint density at radius 1 is 0.857 bits per heavy atom. The first-order chi connectivity index (χ1) is 16.9. The van der Waals surface area contributed by atoms with Gasteiger partial charge in [-0.2, -0.15) is 0 Å². The molecule has 0 bridgehead atoms. The van der Waals surface area contributed by atoms with Crippen LogP contribution in [0.25, 0.3) is 0 Å². The molecule has 1 aliphatic rings. The quantitative estimate of drug-likeness (QED) is 0.398. The summed E-state index contributed by atoms with van der Waals surface area (Å²) in [5.74, 6) is -0.505. The Balaban J connectivity index is 1.56. The van der Waals surface area contributed by atoms with Crippen molar-refractivity contribution in [2.75, 3.05) is 31.5 Å². The van der Waals surface area contributed by atoms with E-state index in [4.69, 9.17) is 26.4 Å². The Kier molecular flexibility index (Phi) is 6.65. The molecule has 2 N–H and O–H groups in total. The lowest BCUT2D eigenvalue weighted by atomic mass is 10.1. The second-order valence-electron chi connectivity index (χ2n) is 7.33. The summed E-state index contributed by atoms with van der Waals surface area (Å²) in [5, 5.41) is 5.36. The van der Waals surface area contributed by atoms with E-state index in [1.54, 1.807) is 48.5 Å². The molecule has 0 aromatic heterocycles. The number of rotatable bonds is 6. The first-order valence-corrected chi connectivity index (χ1v) is 10.8. The van der Waals surface area contributed by atoms with E-state index in [2.05, 4.69) is 10.6 Å². The second kappa shape index (κ2) is 9.82. The third kappa shape index (κ3) is 4.38. The molecular weight excluding hydrogens is 470 g/mol. The van der Waals surface area contributed by atoms with Crippen LogP contribution < -0.4 is 29.7 Å². The van der Waals surface area contributed by atoms with E-state index in [1.807, 2.05) is 0 Å². The van der Waals surface area contributed by atoms with E-state index in [-0.39, 0.29) is 21.8 Å². The minimum Gasteiger partial charge on any atom is -0.493 e. The number of amides is 3. The molecule has 0 atom stereocenters. The zero-order valence-corrected chi connectivity index (χ0v) is 19.9. The normalized spacial score (nSPS) is 12.1. The van der Waals surface area contributed by atoms with Crippen LogP contribution in [0.2, 0.25) is 0 Å². The van der Waals surface area contributed by atoms with Gasteiger partial charge in [0.2, 0.25) is 5.75 Å².